The Morgan fingerprint density at radius 2 is 2.00 bits per heavy atom. The van der Waals surface area contributed by atoms with Gasteiger partial charge in [-0.1, -0.05) is 0 Å². The lowest BCUT2D eigenvalue weighted by Crippen LogP contribution is -2.28. The minimum Gasteiger partial charge on any atom is -0.497 e. The van der Waals surface area contributed by atoms with E-state index in [-0.39, 0.29) is 28.5 Å². The average Bonchev–Trinajstić information content (AvgIpc) is 2.94. The van der Waals surface area contributed by atoms with Crippen LogP contribution in [0.4, 0.5) is 0 Å². The van der Waals surface area contributed by atoms with Crippen LogP contribution in [0.2, 0.25) is 0 Å². The molecule has 3 aromatic rings. The van der Waals surface area contributed by atoms with Crippen LogP contribution in [-0.2, 0) is 7.05 Å². The lowest BCUT2D eigenvalue weighted by molar-refractivity contribution is 0.0941. The second kappa shape index (κ2) is 7.14. The van der Waals surface area contributed by atoms with Crippen molar-refractivity contribution in [1.29, 1.82) is 0 Å². The van der Waals surface area contributed by atoms with E-state index in [1.807, 2.05) is 13.0 Å². The number of aromatic nitrogens is 3. The van der Waals surface area contributed by atoms with Gasteiger partial charge in [-0.3, -0.25) is 19.4 Å². The van der Waals surface area contributed by atoms with Gasteiger partial charge in [-0.05, 0) is 38.1 Å². The molecule has 0 radical (unpaired) electrons. The molecular weight excluding hydrogens is 348 g/mol. The van der Waals surface area contributed by atoms with Gasteiger partial charge in [0.05, 0.1) is 31.2 Å². The molecule has 0 fully saturated rings. The molecule has 2 N–H and O–H groups in total. The minimum absolute atomic E-state index is 0.269. The monoisotopic (exact) mass is 370 g/mol. The van der Waals surface area contributed by atoms with Crippen molar-refractivity contribution >= 4 is 16.9 Å². The van der Waals surface area contributed by atoms with Gasteiger partial charge < -0.3 is 14.8 Å². The molecule has 1 amide bonds. The predicted molar refractivity (Wildman–Crippen MR) is 101 cm³/mol. The molecule has 2 aromatic heterocycles. The fourth-order valence-electron chi connectivity index (χ4n) is 3.09. The third-order valence-electron chi connectivity index (χ3n) is 4.44. The molecule has 2 heterocycles. The zero-order chi connectivity index (χ0) is 19.7. The number of hydrogen-bond donors (Lipinski definition) is 2. The summed E-state index contributed by atoms with van der Waals surface area (Å²) in [5, 5.41) is 5.84. The van der Waals surface area contributed by atoms with Crippen molar-refractivity contribution in [3.63, 3.8) is 0 Å². The van der Waals surface area contributed by atoms with Crippen LogP contribution in [-0.4, -0.2) is 34.9 Å². The summed E-state index contributed by atoms with van der Waals surface area (Å²) in [4.78, 5) is 29.5. The highest BCUT2D eigenvalue weighted by Gasteiger charge is 2.21. The summed E-state index contributed by atoms with van der Waals surface area (Å²) >= 11 is 0. The zero-order valence-corrected chi connectivity index (χ0v) is 15.9. The van der Waals surface area contributed by atoms with E-state index in [1.54, 1.807) is 46.4 Å². The number of carbonyl (C=O) groups excluding carboxylic acids is 1. The Bertz CT molecular complexity index is 1070. The van der Waals surface area contributed by atoms with Crippen LogP contribution in [0.15, 0.2) is 29.1 Å². The van der Waals surface area contributed by atoms with Gasteiger partial charge in [-0.2, -0.15) is 0 Å². The first-order chi connectivity index (χ1) is 12.8. The number of H-pyrrole nitrogens is 1. The Hall–Kier alpha value is -3.29. The molecule has 0 spiro atoms. The van der Waals surface area contributed by atoms with Crippen molar-refractivity contribution in [2.45, 2.75) is 19.9 Å². The van der Waals surface area contributed by atoms with Gasteiger partial charge in [-0.25, -0.2) is 4.98 Å². The highest BCUT2D eigenvalue weighted by atomic mass is 16.5. The van der Waals surface area contributed by atoms with Crippen LogP contribution in [0.5, 0.6) is 11.5 Å². The van der Waals surface area contributed by atoms with Crippen molar-refractivity contribution in [2.75, 3.05) is 14.2 Å². The molecule has 0 aliphatic carbocycles. The number of methoxy groups -OCH3 is 2. The normalized spacial score (nSPS) is 12.0. The summed E-state index contributed by atoms with van der Waals surface area (Å²) in [6, 6.07) is 6.63. The first-order valence-electron chi connectivity index (χ1n) is 8.44. The number of fused-ring (bicyclic) bond motifs is 1. The molecule has 3 rings (SSSR count). The Balaban J connectivity index is 1.99. The molecule has 8 nitrogen and oxygen atoms in total. The van der Waals surface area contributed by atoms with Crippen molar-refractivity contribution in [1.82, 2.24) is 20.1 Å². The maximum atomic E-state index is 12.9. The number of benzene rings is 1. The van der Waals surface area contributed by atoms with Crippen molar-refractivity contribution in [3.05, 3.63) is 51.4 Å². The van der Waals surface area contributed by atoms with Crippen LogP contribution in [0.3, 0.4) is 0 Å². The molecule has 0 saturated heterocycles. The molecule has 0 saturated carbocycles. The van der Waals surface area contributed by atoms with Crippen LogP contribution in [0.25, 0.3) is 11.0 Å². The standard InChI is InChI=1S/C19H22N4O4/c1-10-8-14(16-17(20-10)23(3)22-19(16)25)18(24)21-11(2)13-9-12(26-4)6-7-15(13)27-5/h6-9,11H,1-5H3,(H,21,24)(H,22,25)/t11-/m0/s1. The number of nitrogens with one attached hydrogen (secondary N) is 2. The van der Waals surface area contributed by atoms with E-state index in [0.29, 0.717) is 22.8 Å². The smallest absolute Gasteiger partial charge is 0.274 e. The lowest BCUT2D eigenvalue weighted by atomic mass is 10.1. The number of aromatic amines is 1. The topological polar surface area (TPSA) is 98.2 Å². The van der Waals surface area contributed by atoms with E-state index < -0.39 is 0 Å². The van der Waals surface area contributed by atoms with Gasteiger partial charge in [0.1, 0.15) is 11.5 Å². The van der Waals surface area contributed by atoms with E-state index in [9.17, 15) is 9.59 Å². The van der Waals surface area contributed by atoms with Crippen molar-refractivity contribution < 1.29 is 14.3 Å². The summed E-state index contributed by atoms with van der Waals surface area (Å²) < 4.78 is 12.2. The second-order valence-corrected chi connectivity index (χ2v) is 6.31. The second-order valence-electron chi connectivity index (χ2n) is 6.31. The van der Waals surface area contributed by atoms with Crippen LogP contribution < -0.4 is 20.3 Å². The summed E-state index contributed by atoms with van der Waals surface area (Å²) in [6.45, 7) is 3.62. The van der Waals surface area contributed by atoms with Gasteiger partial charge >= 0.3 is 0 Å². The Morgan fingerprint density at radius 1 is 1.26 bits per heavy atom. The SMILES string of the molecule is COc1ccc(OC)c([C@H](C)NC(=O)c2cc(C)nc3c2c(=O)[nH]n3C)c1. The van der Waals surface area contributed by atoms with Crippen LogP contribution in [0.1, 0.15) is 34.6 Å². The van der Waals surface area contributed by atoms with E-state index in [0.717, 1.165) is 5.56 Å². The van der Waals surface area contributed by atoms with Gasteiger partial charge in [0, 0.05) is 18.3 Å². The fourth-order valence-corrected chi connectivity index (χ4v) is 3.09. The highest BCUT2D eigenvalue weighted by molar-refractivity contribution is 6.05. The zero-order valence-electron chi connectivity index (χ0n) is 15.9. The highest BCUT2D eigenvalue weighted by Crippen LogP contribution is 2.29. The van der Waals surface area contributed by atoms with Crippen LogP contribution in [0, 0.1) is 6.92 Å². The van der Waals surface area contributed by atoms with Gasteiger partial charge in [0.15, 0.2) is 5.65 Å². The van der Waals surface area contributed by atoms with E-state index >= 15 is 0 Å². The van der Waals surface area contributed by atoms with Crippen molar-refractivity contribution in [2.24, 2.45) is 7.05 Å². The van der Waals surface area contributed by atoms with Crippen molar-refractivity contribution in [3.8, 4) is 11.5 Å². The number of hydrogen-bond acceptors (Lipinski definition) is 5. The lowest BCUT2D eigenvalue weighted by Gasteiger charge is -2.18. The first-order valence-corrected chi connectivity index (χ1v) is 8.44. The molecule has 0 aliphatic rings. The molecule has 0 bridgehead atoms. The van der Waals surface area contributed by atoms with E-state index in [4.69, 9.17) is 9.47 Å². The molecule has 8 heteroatoms. The largest absolute Gasteiger partial charge is 0.497 e. The minimum atomic E-state index is -0.367. The summed E-state index contributed by atoms with van der Waals surface area (Å²) in [7, 11) is 4.83. The molecule has 1 atom stereocenters. The van der Waals surface area contributed by atoms with E-state index in [2.05, 4.69) is 15.4 Å². The molecule has 27 heavy (non-hydrogen) atoms. The maximum absolute atomic E-state index is 12.9. The number of ether oxygens (including phenoxy) is 2. The number of carbonyl (C=O) groups is 1. The molecule has 0 aliphatic heterocycles. The maximum Gasteiger partial charge on any atom is 0.274 e. The first kappa shape index (κ1) is 18.5. The molecule has 0 unspecified atom stereocenters. The molecule has 142 valence electrons. The number of nitrogens with zero attached hydrogens (tertiary/aromatic N) is 2. The third kappa shape index (κ3) is 3.38. The fraction of sp³-hybridized carbons (Fsp3) is 0.316. The summed E-state index contributed by atoms with van der Waals surface area (Å²) in [5.74, 6) is 0.935. The van der Waals surface area contributed by atoms with Gasteiger partial charge in [0.2, 0.25) is 0 Å². The quantitative estimate of drug-likeness (QED) is 0.716. The molecular formula is C19H22N4O4. The summed E-state index contributed by atoms with van der Waals surface area (Å²) in [5.41, 5.74) is 1.80. The molecule has 1 aromatic carbocycles. The Kier molecular flexibility index (Phi) is 4.89. The van der Waals surface area contributed by atoms with Gasteiger partial charge in [0.25, 0.3) is 11.5 Å². The van der Waals surface area contributed by atoms with E-state index in [1.165, 1.54) is 4.68 Å². The summed E-state index contributed by atoms with van der Waals surface area (Å²) in [6.07, 6.45) is 0. The number of pyridine rings is 1. The Labute approximate surface area is 156 Å². The number of rotatable bonds is 5. The third-order valence-corrected chi connectivity index (χ3v) is 4.44. The Morgan fingerprint density at radius 3 is 2.67 bits per heavy atom. The number of amides is 1. The average molecular weight is 370 g/mol. The van der Waals surface area contributed by atoms with Crippen LogP contribution >= 0.6 is 0 Å². The predicted octanol–water partition coefficient (Wildman–Crippen LogP) is 2.08. The number of aryl methyl sites for hydroxylation is 2. The van der Waals surface area contributed by atoms with Gasteiger partial charge in [-0.15, -0.1) is 0 Å².